The molecule has 10 rings (SSSR count). The number of aryl methyl sites for hydroxylation is 1. The van der Waals surface area contributed by atoms with Crippen molar-refractivity contribution in [2.24, 2.45) is 0 Å². The minimum atomic E-state index is -2.09. The molecule has 10 aromatic rings. The predicted molar refractivity (Wildman–Crippen MR) is 245 cm³/mol. The second-order valence-electron chi connectivity index (χ2n) is 15.0. The van der Waals surface area contributed by atoms with Crippen LogP contribution in [-0.2, 0) is 26.7 Å². The van der Waals surface area contributed by atoms with Crippen LogP contribution in [-0.4, -0.2) is 14.5 Å². The van der Waals surface area contributed by atoms with Gasteiger partial charge in [-0.2, -0.15) is 0 Å². The van der Waals surface area contributed by atoms with Crippen LogP contribution in [0.3, 0.4) is 0 Å². The van der Waals surface area contributed by atoms with Gasteiger partial charge in [0, 0.05) is 57.1 Å². The third-order valence-electron chi connectivity index (χ3n) is 10.7. The molecule has 0 fully saturated rings. The van der Waals surface area contributed by atoms with Gasteiger partial charge in [-0.3, -0.25) is 16.3 Å². The maximum absolute atomic E-state index is 7.23. The standard InChI is InChI=1S/C40H33N2S2.C12H10N.Ir/c1-24(2)28-11-9-12-29(25(3)4)33(28)22-42-36-14-7-6-13-35(36)41-40(42)34-23-43-37-18-16-26(21-32(34)37)27-17-19-39-31(20-27)30-10-5-8-15-38(30)44-39;1-10-7-8-12(13-9-10)11-5-3-2-4-6-11;/h5-21,24-25H,22H2,1-4H3;2-5,7-9H,1H3;/q2*-1;/i;1D3;. The molecule has 0 bridgehead atoms. The summed E-state index contributed by atoms with van der Waals surface area (Å²) in [4.78, 5) is 9.38. The van der Waals surface area contributed by atoms with E-state index in [1.165, 1.54) is 64.3 Å². The second-order valence-corrected chi connectivity index (χ2v) is 17.0. The van der Waals surface area contributed by atoms with Crippen LogP contribution in [0.25, 0.3) is 75.1 Å². The fraction of sp³-hybridized carbons (Fsp3) is 0.154. The average molecular weight is 969 g/mol. The normalized spacial score (nSPS) is 12.4. The maximum Gasteiger partial charge on any atom is 0.0770 e. The van der Waals surface area contributed by atoms with Crippen LogP contribution in [0, 0.1) is 18.3 Å². The quantitative estimate of drug-likeness (QED) is 0.149. The molecule has 6 aromatic carbocycles. The van der Waals surface area contributed by atoms with Gasteiger partial charge >= 0.3 is 0 Å². The van der Waals surface area contributed by atoms with Crippen LogP contribution in [0.1, 0.15) is 65.9 Å². The smallest absolute Gasteiger partial charge is 0.0770 e. The largest absolute Gasteiger partial charge is 0.360 e. The Kier molecular flexibility index (Phi) is 10.5. The van der Waals surface area contributed by atoms with E-state index in [-0.39, 0.29) is 25.7 Å². The van der Waals surface area contributed by atoms with Crippen molar-refractivity contribution in [2.75, 3.05) is 0 Å². The average Bonchev–Trinajstić information content (AvgIpc) is 3.96. The molecule has 58 heavy (non-hydrogen) atoms. The van der Waals surface area contributed by atoms with Crippen molar-refractivity contribution in [1.82, 2.24) is 14.5 Å². The van der Waals surface area contributed by atoms with Gasteiger partial charge in [-0.05, 0) is 88.1 Å². The van der Waals surface area contributed by atoms with Crippen molar-refractivity contribution >= 4 is 64.0 Å². The van der Waals surface area contributed by atoms with E-state index in [1.807, 2.05) is 29.5 Å². The number of para-hydroxylation sites is 2. The van der Waals surface area contributed by atoms with Crippen molar-refractivity contribution in [3.8, 4) is 33.8 Å². The number of hydrogen-bond acceptors (Lipinski definition) is 4. The van der Waals surface area contributed by atoms with Gasteiger partial charge in [0.1, 0.15) is 0 Å². The summed E-state index contributed by atoms with van der Waals surface area (Å²) in [5.74, 6) is 1.87. The van der Waals surface area contributed by atoms with Crippen LogP contribution in [0.5, 0.6) is 0 Å². The van der Waals surface area contributed by atoms with Crippen LogP contribution >= 0.6 is 22.7 Å². The molecule has 0 aliphatic heterocycles. The van der Waals surface area contributed by atoms with Crippen LogP contribution in [0.2, 0.25) is 0 Å². The van der Waals surface area contributed by atoms with Gasteiger partial charge < -0.3 is 9.55 Å². The molecule has 3 nitrogen and oxygen atoms in total. The molecule has 0 unspecified atom stereocenters. The first-order valence-electron chi connectivity index (χ1n) is 20.9. The summed E-state index contributed by atoms with van der Waals surface area (Å²) in [6.07, 6.45) is 1.39. The summed E-state index contributed by atoms with van der Waals surface area (Å²) in [5.41, 5.74) is 11.8. The first-order valence-corrected chi connectivity index (χ1v) is 21.0. The molecule has 4 heterocycles. The minimum absolute atomic E-state index is 0. The van der Waals surface area contributed by atoms with Crippen molar-refractivity contribution in [2.45, 2.75) is 52.9 Å². The summed E-state index contributed by atoms with van der Waals surface area (Å²) in [5, 5.41) is 7.54. The topological polar surface area (TPSA) is 30.7 Å². The molecule has 0 aliphatic carbocycles. The van der Waals surface area contributed by atoms with Crippen molar-refractivity contribution < 1.29 is 24.2 Å². The van der Waals surface area contributed by atoms with E-state index in [2.05, 4.69) is 152 Å². The number of imidazole rings is 1. The predicted octanol–water partition coefficient (Wildman–Crippen LogP) is 14.9. The number of thiophene rings is 2. The summed E-state index contributed by atoms with van der Waals surface area (Å²) in [7, 11) is 0. The van der Waals surface area contributed by atoms with Crippen LogP contribution in [0.4, 0.5) is 0 Å². The Morgan fingerprint density at radius 1 is 0.690 bits per heavy atom. The van der Waals surface area contributed by atoms with E-state index in [1.54, 1.807) is 29.5 Å². The molecule has 0 aliphatic rings. The van der Waals surface area contributed by atoms with Gasteiger partial charge in [0.15, 0.2) is 0 Å². The van der Waals surface area contributed by atoms with E-state index in [0.717, 1.165) is 40.2 Å². The molecule has 0 spiro atoms. The van der Waals surface area contributed by atoms with E-state index < -0.39 is 6.85 Å². The first kappa shape index (κ1) is 35.9. The monoisotopic (exact) mass is 969 g/mol. The molecule has 289 valence electrons. The van der Waals surface area contributed by atoms with Gasteiger partial charge in [-0.25, -0.2) is 0 Å². The number of hydrogen-bond donors (Lipinski definition) is 0. The van der Waals surface area contributed by atoms with Gasteiger partial charge in [-0.15, -0.1) is 52.6 Å². The fourth-order valence-electron chi connectivity index (χ4n) is 7.80. The molecule has 0 N–H and O–H groups in total. The molecule has 1 radical (unpaired) electrons. The van der Waals surface area contributed by atoms with E-state index in [0.29, 0.717) is 11.8 Å². The van der Waals surface area contributed by atoms with Gasteiger partial charge in [0.05, 0.1) is 16.9 Å². The van der Waals surface area contributed by atoms with Crippen LogP contribution in [0.15, 0.2) is 146 Å². The molecule has 0 amide bonds. The zero-order valence-corrected chi connectivity index (χ0v) is 36.7. The van der Waals surface area contributed by atoms with Crippen LogP contribution < -0.4 is 0 Å². The zero-order valence-electron chi connectivity index (χ0n) is 35.7. The Bertz CT molecular complexity index is 3100. The van der Waals surface area contributed by atoms with E-state index in [9.17, 15) is 0 Å². The third-order valence-corrected chi connectivity index (χ3v) is 12.7. The van der Waals surface area contributed by atoms with E-state index in [4.69, 9.17) is 9.10 Å². The summed E-state index contributed by atoms with van der Waals surface area (Å²) in [6, 6.07) is 51.6. The van der Waals surface area contributed by atoms with Crippen molar-refractivity contribution in [3.05, 3.63) is 179 Å². The first-order chi connectivity index (χ1) is 29.0. The molecular weight excluding hydrogens is 923 g/mol. The number of aromatic nitrogens is 3. The maximum atomic E-state index is 7.23. The Balaban J connectivity index is 0.000000255. The molecule has 0 saturated carbocycles. The summed E-state index contributed by atoms with van der Waals surface area (Å²) < 4.78 is 28.0. The van der Waals surface area contributed by atoms with Crippen molar-refractivity contribution in [1.29, 1.82) is 0 Å². The Morgan fingerprint density at radius 2 is 1.40 bits per heavy atom. The number of pyridine rings is 1. The fourth-order valence-corrected chi connectivity index (χ4v) is 9.71. The van der Waals surface area contributed by atoms with Crippen molar-refractivity contribution in [3.63, 3.8) is 0 Å². The SMILES string of the molecule is CC(C)c1cccc(C(C)C)c1Cn1c(-c2[c-]sc3ccc(-c4ccc5sc6ccccc6c5c4)cc23)nc2ccccc21.[2H]C([2H])([2H])c1ccc(-c2[c-]cccc2)nc1.[Ir]. The number of benzene rings is 6. The summed E-state index contributed by atoms with van der Waals surface area (Å²) in [6.45, 7) is 7.89. The molecule has 0 atom stereocenters. The third kappa shape index (κ3) is 7.70. The Morgan fingerprint density at radius 3 is 2.12 bits per heavy atom. The molecular formula is C52H43IrN3S2-2. The summed E-state index contributed by atoms with van der Waals surface area (Å²) >= 11 is 3.55. The zero-order chi connectivity index (χ0) is 41.5. The van der Waals surface area contributed by atoms with Gasteiger partial charge in [-0.1, -0.05) is 128 Å². The minimum Gasteiger partial charge on any atom is -0.360 e. The molecule has 4 aromatic heterocycles. The number of nitrogens with zero attached hydrogens (tertiary/aromatic N) is 3. The van der Waals surface area contributed by atoms with Gasteiger partial charge in [0.2, 0.25) is 0 Å². The number of rotatable bonds is 7. The number of fused-ring (bicyclic) bond motifs is 5. The Labute approximate surface area is 366 Å². The second kappa shape index (κ2) is 16.9. The Hall–Kier alpha value is -5.23. The van der Waals surface area contributed by atoms with Gasteiger partial charge in [0.25, 0.3) is 0 Å². The van der Waals surface area contributed by atoms with E-state index >= 15 is 0 Å². The molecule has 0 saturated heterocycles. The molecule has 6 heteroatoms.